The van der Waals surface area contributed by atoms with Crippen molar-refractivity contribution in [3.63, 3.8) is 0 Å². The molecule has 0 unspecified atom stereocenters. The van der Waals surface area contributed by atoms with Crippen molar-refractivity contribution in [1.82, 2.24) is 9.88 Å². The standard InChI is InChI=1S/C29H36N4O2/c1-31(28-12-7-8-18-30-28)29(34)13-4-3-9-19-32-20-22-33(23-21-32)27-11-6-5-10-26(27)24-14-16-25(35-2)17-15-24/h5-8,10-12,14-18H,3-4,9,13,19-23H2,1-2H3. The van der Waals surface area contributed by atoms with Gasteiger partial charge >= 0.3 is 0 Å². The Morgan fingerprint density at radius 3 is 2.37 bits per heavy atom. The molecule has 0 saturated carbocycles. The molecule has 1 aromatic heterocycles. The molecule has 0 atom stereocenters. The van der Waals surface area contributed by atoms with Crippen LogP contribution in [0.15, 0.2) is 72.9 Å². The van der Waals surface area contributed by atoms with E-state index in [1.165, 1.54) is 16.8 Å². The lowest BCUT2D eigenvalue weighted by Crippen LogP contribution is -2.46. The van der Waals surface area contributed by atoms with E-state index in [1.807, 2.05) is 30.3 Å². The van der Waals surface area contributed by atoms with E-state index in [0.717, 1.165) is 57.7 Å². The minimum atomic E-state index is 0.132. The lowest BCUT2D eigenvalue weighted by Gasteiger charge is -2.37. The van der Waals surface area contributed by atoms with E-state index >= 15 is 0 Å². The first-order chi connectivity index (χ1) is 17.2. The van der Waals surface area contributed by atoms with E-state index in [-0.39, 0.29) is 5.91 Å². The summed E-state index contributed by atoms with van der Waals surface area (Å²) in [5, 5.41) is 0. The van der Waals surface area contributed by atoms with Gasteiger partial charge < -0.3 is 9.64 Å². The number of para-hydroxylation sites is 1. The highest BCUT2D eigenvalue weighted by atomic mass is 16.5. The van der Waals surface area contributed by atoms with Crippen molar-refractivity contribution in [2.75, 3.05) is 56.7 Å². The van der Waals surface area contributed by atoms with Crippen molar-refractivity contribution in [1.29, 1.82) is 0 Å². The predicted molar refractivity (Wildman–Crippen MR) is 143 cm³/mol. The van der Waals surface area contributed by atoms with Gasteiger partial charge in [0.2, 0.25) is 5.91 Å². The number of pyridine rings is 1. The Balaban J connectivity index is 1.20. The van der Waals surface area contributed by atoms with Crippen molar-refractivity contribution in [3.05, 3.63) is 72.9 Å². The van der Waals surface area contributed by atoms with Crippen LogP contribution in [-0.4, -0.2) is 62.7 Å². The molecule has 184 valence electrons. The molecule has 6 nitrogen and oxygen atoms in total. The molecule has 4 rings (SSSR count). The van der Waals surface area contributed by atoms with Gasteiger partial charge in [0.15, 0.2) is 0 Å². The van der Waals surface area contributed by atoms with E-state index in [9.17, 15) is 4.79 Å². The average Bonchev–Trinajstić information content (AvgIpc) is 2.93. The molecule has 1 amide bonds. The van der Waals surface area contributed by atoms with Crippen LogP contribution in [0.2, 0.25) is 0 Å². The molecule has 0 spiro atoms. The smallest absolute Gasteiger partial charge is 0.227 e. The van der Waals surface area contributed by atoms with Gasteiger partial charge in [0.1, 0.15) is 11.6 Å². The summed E-state index contributed by atoms with van der Waals surface area (Å²) >= 11 is 0. The summed E-state index contributed by atoms with van der Waals surface area (Å²) in [7, 11) is 3.50. The first-order valence-corrected chi connectivity index (χ1v) is 12.5. The molecule has 2 heterocycles. The number of carbonyl (C=O) groups is 1. The number of anilines is 2. The van der Waals surface area contributed by atoms with Gasteiger partial charge in [0.25, 0.3) is 0 Å². The van der Waals surface area contributed by atoms with Gasteiger partial charge in [-0.2, -0.15) is 0 Å². The van der Waals surface area contributed by atoms with Crippen molar-refractivity contribution in [2.24, 2.45) is 0 Å². The van der Waals surface area contributed by atoms with Crippen LogP contribution in [0.4, 0.5) is 11.5 Å². The SMILES string of the molecule is COc1ccc(-c2ccccc2N2CCN(CCCCCC(=O)N(C)c3ccccn3)CC2)cc1. The summed E-state index contributed by atoms with van der Waals surface area (Å²) in [5.74, 6) is 1.72. The molecule has 1 aliphatic rings. The van der Waals surface area contributed by atoms with Crippen molar-refractivity contribution in [2.45, 2.75) is 25.7 Å². The Morgan fingerprint density at radius 2 is 1.66 bits per heavy atom. The monoisotopic (exact) mass is 472 g/mol. The van der Waals surface area contributed by atoms with E-state index in [0.29, 0.717) is 12.2 Å². The number of nitrogens with zero attached hydrogens (tertiary/aromatic N) is 4. The second-order valence-corrected chi connectivity index (χ2v) is 9.03. The second kappa shape index (κ2) is 12.4. The minimum absolute atomic E-state index is 0.132. The first-order valence-electron chi connectivity index (χ1n) is 12.5. The molecular weight excluding hydrogens is 436 g/mol. The molecule has 1 fully saturated rings. The minimum Gasteiger partial charge on any atom is -0.497 e. The van der Waals surface area contributed by atoms with Crippen LogP contribution in [-0.2, 0) is 4.79 Å². The normalized spacial score (nSPS) is 14.1. The Bertz CT molecular complexity index is 1060. The van der Waals surface area contributed by atoms with Crippen LogP contribution in [0.1, 0.15) is 25.7 Å². The van der Waals surface area contributed by atoms with E-state index in [4.69, 9.17) is 4.74 Å². The summed E-state index contributed by atoms with van der Waals surface area (Å²) in [6.45, 7) is 5.29. The van der Waals surface area contributed by atoms with E-state index in [2.05, 4.69) is 51.2 Å². The Morgan fingerprint density at radius 1 is 0.914 bits per heavy atom. The number of amides is 1. The largest absolute Gasteiger partial charge is 0.497 e. The van der Waals surface area contributed by atoms with Gasteiger partial charge in [-0.25, -0.2) is 4.98 Å². The number of unbranched alkanes of at least 4 members (excludes halogenated alkanes) is 2. The topological polar surface area (TPSA) is 48.9 Å². The number of carbonyl (C=O) groups excluding carboxylic acids is 1. The third kappa shape index (κ3) is 6.61. The molecule has 0 bridgehead atoms. The highest BCUT2D eigenvalue weighted by Crippen LogP contribution is 2.32. The average molecular weight is 473 g/mol. The fourth-order valence-corrected chi connectivity index (χ4v) is 4.61. The van der Waals surface area contributed by atoms with Gasteiger partial charge in [-0.1, -0.05) is 42.8 Å². The summed E-state index contributed by atoms with van der Waals surface area (Å²) in [6.07, 6.45) is 5.41. The molecule has 35 heavy (non-hydrogen) atoms. The van der Waals surface area contributed by atoms with Gasteiger partial charge in [0, 0.05) is 57.1 Å². The first kappa shape index (κ1) is 24.7. The number of aromatic nitrogens is 1. The molecule has 3 aromatic rings. The zero-order valence-corrected chi connectivity index (χ0v) is 20.9. The van der Waals surface area contributed by atoms with Crippen LogP contribution in [0.3, 0.4) is 0 Å². The van der Waals surface area contributed by atoms with Crippen LogP contribution in [0.5, 0.6) is 5.75 Å². The number of piperazine rings is 1. The highest BCUT2D eigenvalue weighted by molar-refractivity contribution is 5.91. The third-order valence-corrected chi connectivity index (χ3v) is 6.75. The van der Waals surface area contributed by atoms with Gasteiger partial charge in [-0.05, 0) is 55.3 Å². The maximum Gasteiger partial charge on any atom is 0.227 e. The maximum absolute atomic E-state index is 12.4. The summed E-state index contributed by atoms with van der Waals surface area (Å²) in [5.41, 5.74) is 3.78. The van der Waals surface area contributed by atoms with Crippen molar-refractivity contribution >= 4 is 17.4 Å². The van der Waals surface area contributed by atoms with Gasteiger partial charge in [-0.15, -0.1) is 0 Å². The fraction of sp³-hybridized carbons (Fsp3) is 0.379. The predicted octanol–water partition coefficient (Wildman–Crippen LogP) is 5.10. The number of ether oxygens (including phenoxy) is 1. The van der Waals surface area contributed by atoms with Crippen LogP contribution < -0.4 is 14.5 Å². The zero-order valence-electron chi connectivity index (χ0n) is 20.9. The third-order valence-electron chi connectivity index (χ3n) is 6.75. The van der Waals surface area contributed by atoms with E-state index in [1.54, 1.807) is 25.3 Å². The number of methoxy groups -OCH3 is 1. The molecule has 1 aliphatic heterocycles. The maximum atomic E-state index is 12.4. The van der Waals surface area contributed by atoms with Crippen molar-refractivity contribution < 1.29 is 9.53 Å². The highest BCUT2D eigenvalue weighted by Gasteiger charge is 2.19. The Labute approximate surface area is 209 Å². The number of benzene rings is 2. The van der Waals surface area contributed by atoms with Gasteiger partial charge in [0.05, 0.1) is 7.11 Å². The number of hydrogen-bond donors (Lipinski definition) is 0. The Kier molecular flexibility index (Phi) is 8.74. The zero-order chi connectivity index (χ0) is 24.5. The summed E-state index contributed by atoms with van der Waals surface area (Å²) < 4.78 is 5.31. The Hall–Kier alpha value is -3.38. The summed E-state index contributed by atoms with van der Waals surface area (Å²) in [4.78, 5) is 23.4. The molecule has 0 N–H and O–H groups in total. The van der Waals surface area contributed by atoms with Gasteiger partial charge in [-0.3, -0.25) is 14.6 Å². The van der Waals surface area contributed by atoms with Crippen molar-refractivity contribution in [3.8, 4) is 16.9 Å². The molecule has 2 aromatic carbocycles. The summed E-state index contributed by atoms with van der Waals surface area (Å²) in [6, 6.07) is 22.6. The number of rotatable bonds is 10. The quantitative estimate of drug-likeness (QED) is 0.384. The molecule has 1 saturated heterocycles. The van der Waals surface area contributed by atoms with Crippen LogP contribution in [0, 0.1) is 0 Å². The molecular formula is C29H36N4O2. The fourth-order valence-electron chi connectivity index (χ4n) is 4.61. The number of hydrogen-bond acceptors (Lipinski definition) is 5. The van der Waals surface area contributed by atoms with E-state index < -0.39 is 0 Å². The van der Waals surface area contributed by atoms with Crippen LogP contribution >= 0.6 is 0 Å². The molecule has 0 radical (unpaired) electrons. The van der Waals surface area contributed by atoms with Crippen LogP contribution in [0.25, 0.3) is 11.1 Å². The molecule has 6 heteroatoms. The lowest BCUT2D eigenvalue weighted by atomic mass is 10.0. The second-order valence-electron chi connectivity index (χ2n) is 9.03. The lowest BCUT2D eigenvalue weighted by molar-refractivity contribution is -0.118. The molecule has 0 aliphatic carbocycles.